The third-order valence-electron chi connectivity index (χ3n) is 4.68. The molecule has 0 aliphatic carbocycles. The molecule has 0 spiro atoms. The van der Waals surface area contributed by atoms with E-state index < -0.39 is 5.91 Å². The molecule has 2 amide bonds. The van der Waals surface area contributed by atoms with Crippen LogP contribution in [-0.4, -0.2) is 26.8 Å². The first-order valence-corrected chi connectivity index (χ1v) is 9.32. The molecule has 0 radical (unpaired) electrons. The van der Waals surface area contributed by atoms with Gasteiger partial charge in [-0.25, -0.2) is 4.98 Å². The Hall–Kier alpha value is -4.26. The zero-order chi connectivity index (χ0) is 20.9. The van der Waals surface area contributed by atoms with Crippen molar-refractivity contribution in [3.05, 3.63) is 90.0 Å². The van der Waals surface area contributed by atoms with Gasteiger partial charge in [-0.15, -0.1) is 0 Å². The van der Waals surface area contributed by atoms with Crippen LogP contribution in [0.1, 0.15) is 21.5 Å². The summed E-state index contributed by atoms with van der Waals surface area (Å²) in [4.78, 5) is 34.9. The number of aromatic amines is 1. The van der Waals surface area contributed by atoms with Crippen molar-refractivity contribution in [2.24, 2.45) is 5.73 Å². The van der Waals surface area contributed by atoms with Crippen molar-refractivity contribution in [1.29, 1.82) is 0 Å². The van der Waals surface area contributed by atoms with Crippen molar-refractivity contribution < 1.29 is 9.59 Å². The average Bonchev–Trinajstić information content (AvgIpc) is 3.20. The number of hydrogen-bond acceptors (Lipinski definition) is 4. The van der Waals surface area contributed by atoms with Gasteiger partial charge in [0.05, 0.1) is 0 Å². The first-order chi connectivity index (χ1) is 14.6. The Labute approximate surface area is 172 Å². The van der Waals surface area contributed by atoms with Gasteiger partial charge in [0.2, 0.25) is 11.8 Å². The first kappa shape index (κ1) is 19.1. The number of hydrogen-bond donors (Lipinski definition) is 3. The normalized spacial score (nSPS) is 11.1. The molecule has 0 bridgehead atoms. The standard InChI is InChI=1S/C23H19N5O2/c24-22(30)18-4-2-17(3-5-18)20-14-28-23-19(20)11-16(13-27-23)1-6-21(29)26-12-15-7-9-25-10-8-15/h1-11,13-14H,12H2,(H2,24,30)(H,26,29)(H,27,28)/b6-1+. The second-order valence-corrected chi connectivity index (χ2v) is 6.72. The van der Waals surface area contributed by atoms with Crippen molar-refractivity contribution in [1.82, 2.24) is 20.3 Å². The number of nitrogens with one attached hydrogen (secondary N) is 2. The quantitative estimate of drug-likeness (QED) is 0.434. The molecule has 0 saturated heterocycles. The third kappa shape index (κ3) is 4.25. The van der Waals surface area contributed by atoms with Gasteiger partial charge in [-0.05, 0) is 53.1 Å². The summed E-state index contributed by atoms with van der Waals surface area (Å²) in [6.45, 7) is 0.437. The molecule has 0 aliphatic heterocycles. The minimum absolute atomic E-state index is 0.191. The fourth-order valence-electron chi connectivity index (χ4n) is 3.08. The van der Waals surface area contributed by atoms with E-state index in [-0.39, 0.29) is 5.91 Å². The Morgan fingerprint density at radius 3 is 2.60 bits per heavy atom. The molecule has 30 heavy (non-hydrogen) atoms. The number of nitrogens with two attached hydrogens (primary N) is 1. The molecule has 3 heterocycles. The highest BCUT2D eigenvalue weighted by Gasteiger charge is 2.09. The van der Waals surface area contributed by atoms with Crippen LogP contribution in [0.3, 0.4) is 0 Å². The fourth-order valence-corrected chi connectivity index (χ4v) is 3.08. The van der Waals surface area contributed by atoms with Gasteiger partial charge in [-0.1, -0.05) is 12.1 Å². The SMILES string of the molecule is NC(=O)c1ccc(-c2c[nH]c3ncc(/C=C/C(=O)NCc4ccncc4)cc23)cc1. The van der Waals surface area contributed by atoms with Gasteiger partial charge in [0.25, 0.3) is 0 Å². The second-order valence-electron chi connectivity index (χ2n) is 6.72. The first-order valence-electron chi connectivity index (χ1n) is 9.32. The molecule has 0 atom stereocenters. The molecule has 4 N–H and O–H groups in total. The molecular formula is C23H19N5O2. The molecule has 1 aromatic carbocycles. The molecular weight excluding hydrogens is 378 g/mol. The summed E-state index contributed by atoms with van der Waals surface area (Å²) in [6, 6.07) is 12.7. The van der Waals surface area contributed by atoms with Crippen LogP contribution in [0.2, 0.25) is 0 Å². The summed E-state index contributed by atoms with van der Waals surface area (Å²) in [7, 11) is 0. The van der Waals surface area contributed by atoms with Crippen LogP contribution in [0.25, 0.3) is 28.2 Å². The van der Waals surface area contributed by atoms with E-state index in [4.69, 9.17) is 5.73 Å². The van der Waals surface area contributed by atoms with Crippen LogP contribution >= 0.6 is 0 Å². The molecule has 3 aromatic heterocycles. The van der Waals surface area contributed by atoms with Crippen LogP contribution in [0.15, 0.2) is 73.3 Å². The van der Waals surface area contributed by atoms with E-state index in [2.05, 4.69) is 20.3 Å². The molecule has 0 aliphatic rings. The number of H-pyrrole nitrogens is 1. The van der Waals surface area contributed by atoms with Crippen LogP contribution in [0.4, 0.5) is 0 Å². The molecule has 0 fully saturated rings. The lowest BCUT2D eigenvalue weighted by Crippen LogP contribution is -2.20. The topological polar surface area (TPSA) is 114 Å². The van der Waals surface area contributed by atoms with Crippen LogP contribution < -0.4 is 11.1 Å². The van der Waals surface area contributed by atoms with Gasteiger partial charge in [0.1, 0.15) is 5.65 Å². The zero-order valence-electron chi connectivity index (χ0n) is 16.0. The Kier molecular flexibility index (Phi) is 5.34. The fraction of sp³-hybridized carbons (Fsp3) is 0.0435. The molecule has 4 aromatic rings. The Morgan fingerprint density at radius 1 is 1.10 bits per heavy atom. The van der Waals surface area contributed by atoms with Crippen LogP contribution in [0, 0.1) is 0 Å². The lowest BCUT2D eigenvalue weighted by molar-refractivity contribution is -0.116. The number of nitrogens with zero attached hydrogens (tertiary/aromatic N) is 2. The highest BCUT2D eigenvalue weighted by molar-refractivity contribution is 5.97. The highest BCUT2D eigenvalue weighted by Crippen LogP contribution is 2.28. The Morgan fingerprint density at radius 2 is 1.87 bits per heavy atom. The van der Waals surface area contributed by atoms with E-state index >= 15 is 0 Å². The maximum atomic E-state index is 12.1. The minimum Gasteiger partial charge on any atom is -0.366 e. The molecule has 7 heteroatoms. The number of fused-ring (bicyclic) bond motifs is 1. The van der Waals surface area contributed by atoms with Crippen LogP contribution in [-0.2, 0) is 11.3 Å². The van der Waals surface area contributed by atoms with E-state index in [0.29, 0.717) is 12.1 Å². The predicted octanol–water partition coefficient (Wildman–Crippen LogP) is 3.05. The largest absolute Gasteiger partial charge is 0.366 e. The van der Waals surface area contributed by atoms with Gasteiger partial charge in [-0.2, -0.15) is 0 Å². The smallest absolute Gasteiger partial charge is 0.248 e. The van der Waals surface area contributed by atoms with Gasteiger partial charge >= 0.3 is 0 Å². The summed E-state index contributed by atoms with van der Waals surface area (Å²) in [5.41, 5.74) is 10.2. The molecule has 7 nitrogen and oxygen atoms in total. The average molecular weight is 397 g/mol. The monoisotopic (exact) mass is 397 g/mol. The number of carbonyl (C=O) groups is 2. The molecule has 0 saturated carbocycles. The van der Waals surface area contributed by atoms with Crippen molar-refractivity contribution in [2.75, 3.05) is 0 Å². The minimum atomic E-state index is -0.461. The lowest BCUT2D eigenvalue weighted by Gasteiger charge is -2.03. The van der Waals surface area contributed by atoms with E-state index in [1.807, 2.05) is 36.5 Å². The van der Waals surface area contributed by atoms with Gasteiger partial charge in [0.15, 0.2) is 0 Å². The van der Waals surface area contributed by atoms with Crippen molar-refractivity contribution in [2.45, 2.75) is 6.54 Å². The summed E-state index contributed by atoms with van der Waals surface area (Å²) in [5, 5.41) is 3.75. The van der Waals surface area contributed by atoms with Gasteiger partial charge in [-0.3, -0.25) is 14.6 Å². The molecule has 4 rings (SSSR count). The molecule has 0 unspecified atom stereocenters. The maximum Gasteiger partial charge on any atom is 0.248 e. The summed E-state index contributed by atoms with van der Waals surface area (Å²) >= 11 is 0. The summed E-state index contributed by atoms with van der Waals surface area (Å²) < 4.78 is 0. The van der Waals surface area contributed by atoms with Crippen molar-refractivity contribution in [3.63, 3.8) is 0 Å². The zero-order valence-corrected chi connectivity index (χ0v) is 16.0. The van der Waals surface area contributed by atoms with Crippen molar-refractivity contribution >= 4 is 28.9 Å². The summed E-state index contributed by atoms with van der Waals surface area (Å²) in [5.74, 6) is -0.653. The third-order valence-corrected chi connectivity index (χ3v) is 4.68. The number of aromatic nitrogens is 3. The number of pyridine rings is 2. The number of carbonyl (C=O) groups excluding carboxylic acids is 2. The van der Waals surface area contributed by atoms with E-state index in [1.54, 1.807) is 36.8 Å². The maximum absolute atomic E-state index is 12.1. The Bertz CT molecular complexity index is 1230. The number of benzene rings is 1. The van der Waals surface area contributed by atoms with Gasteiger partial charge in [0, 0.05) is 53.9 Å². The second kappa shape index (κ2) is 8.40. The van der Waals surface area contributed by atoms with Crippen molar-refractivity contribution in [3.8, 4) is 11.1 Å². The summed E-state index contributed by atoms with van der Waals surface area (Å²) in [6.07, 6.45) is 10.2. The predicted molar refractivity (Wildman–Crippen MR) is 115 cm³/mol. The van der Waals surface area contributed by atoms with E-state index in [9.17, 15) is 9.59 Å². The number of amides is 2. The van der Waals surface area contributed by atoms with Crippen LogP contribution in [0.5, 0.6) is 0 Å². The van der Waals surface area contributed by atoms with Gasteiger partial charge < -0.3 is 16.0 Å². The van der Waals surface area contributed by atoms with E-state index in [0.717, 1.165) is 33.3 Å². The highest BCUT2D eigenvalue weighted by atomic mass is 16.1. The number of primary amides is 1. The number of rotatable bonds is 6. The Balaban J connectivity index is 1.51. The molecule has 148 valence electrons. The van der Waals surface area contributed by atoms with E-state index in [1.165, 1.54) is 6.08 Å². The lowest BCUT2D eigenvalue weighted by atomic mass is 10.0.